The summed E-state index contributed by atoms with van der Waals surface area (Å²) in [7, 11) is 0. The minimum Gasteiger partial charge on any atom is -0.508 e. The van der Waals surface area contributed by atoms with Gasteiger partial charge in [-0.05, 0) is 157 Å². The van der Waals surface area contributed by atoms with Crippen LogP contribution < -0.4 is 42.8 Å². The topological polar surface area (TPSA) is 253 Å². The van der Waals surface area contributed by atoms with E-state index in [1.54, 1.807) is 30.3 Å². The molecule has 4 aliphatic rings. The number of amides is 7. The van der Waals surface area contributed by atoms with E-state index in [4.69, 9.17) is 20.9 Å². The number of aromatic hydroxyl groups is 1. The Kier molecular flexibility index (Phi) is 16.1. The molecule has 0 radical (unpaired) electrons. The van der Waals surface area contributed by atoms with Crippen molar-refractivity contribution in [1.82, 2.24) is 21.3 Å². The summed E-state index contributed by atoms with van der Waals surface area (Å²) in [6.45, 7) is 12.8. The summed E-state index contributed by atoms with van der Waals surface area (Å²) in [6, 6.07) is 16.2. The zero-order chi connectivity index (χ0) is 51.3. The molecule has 10 N–H and O–H groups in total. The molecule has 4 aliphatic carbocycles. The number of carbonyl (C=O) groups excluding carboxylic acids is 6. The van der Waals surface area contributed by atoms with Crippen molar-refractivity contribution in [3.05, 3.63) is 88.5 Å². The Morgan fingerprint density at radius 2 is 1.34 bits per heavy atom. The van der Waals surface area contributed by atoms with Crippen LogP contribution in [0.15, 0.2) is 60.7 Å². The molecule has 2 fully saturated rings. The molecule has 8 atom stereocenters. The van der Waals surface area contributed by atoms with Crippen molar-refractivity contribution in [3.8, 4) is 11.5 Å². The van der Waals surface area contributed by atoms with Gasteiger partial charge in [0, 0.05) is 12.2 Å². The number of alkyl carbamates (subject to hydrolysis) is 1. The van der Waals surface area contributed by atoms with Gasteiger partial charge in [-0.1, -0.05) is 78.6 Å². The van der Waals surface area contributed by atoms with Crippen LogP contribution in [0.25, 0.3) is 0 Å². The van der Waals surface area contributed by atoms with E-state index in [0.29, 0.717) is 36.3 Å². The van der Waals surface area contributed by atoms with E-state index in [2.05, 4.69) is 66.4 Å². The van der Waals surface area contributed by atoms with Gasteiger partial charge in [0.2, 0.25) is 23.6 Å². The molecule has 7 rings (SSSR count). The molecule has 0 aliphatic heterocycles. The maximum atomic E-state index is 14.6. The van der Waals surface area contributed by atoms with Gasteiger partial charge in [-0.25, -0.2) is 9.59 Å². The smallest absolute Gasteiger partial charge is 0.407 e. The molecular formula is C55H75N7O9. The predicted molar refractivity (Wildman–Crippen MR) is 270 cm³/mol. The first-order valence-corrected chi connectivity index (χ1v) is 25.5. The molecule has 0 bridgehead atoms. The van der Waals surface area contributed by atoms with Crippen LogP contribution in [-0.2, 0) is 54.2 Å². The van der Waals surface area contributed by atoms with Crippen LogP contribution >= 0.6 is 0 Å². The number of fused-ring (bicyclic) bond motifs is 6. The minimum absolute atomic E-state index is 0.00935. The first-order valence-electron chi connectivity index (χ1n) is 25.5. The molecule has 0 spiro atoms. The van der Waals surface area contributed by atoms with E-state index in [-0.39, 0.29) is 78.9 Å². The largest absolute Gasteiger partial charge is 0.508 e. The lowest BCUT2D eigenvalue weighted by Crippen LogP contribution is -2.60. The maximum absolute atomic E-state index is 14.6. The highest BCUT2D eigenvalue weighted by Crippen LogP contribution is 2.60. The fourth-order valence-electron chi connectivity index (χ4n) is 12.7. The Balaban J connectivity index is 0.894. The summed E-state index contributed by atoms with van der Waals surface area (Å²) in [5, 5.41) is 24.2. The monoisotopic (exact) mass is 978 g/mol. The predicted octanol–water partition coefficient (Wildman–Crippen LogP) is 6.92. The summed E-state index contributed by atoms with van der Waals surface area (Å²) >= 11 is 0. The van der Waals surface area contributed by atoms with E-state index >= 15 is 0 Å². The van der Waals surface area contributed by atoms with Gasteiger partial charge in [-0.2, -0.15) is 0 Å². The van der Waals surface area contributed by atoms with Crippen LogP contribution in [-0.4, -0.2) is 72.6 Å². The van der Waals surface area contributed by atoms with Crippen molar-refractivity contribution in [2.24, 2.45) is 40.1 Å². The highest BCUT2D eigenvalue weighted by Gasteiger charge is 2.58. The summed E-state index contributed by atoms with van der Waals surface area (Å²) in [6.07, 6.45) is 8.33. The number of nitrogens with two attached hydrogens (primary N) is 2. The van der Waals surface area contributed by atoms with E-state index in [9.17, 15) is 33.9 Å². The number of benzene rings is 3. The number of ether oxygens (including phenoxy) is 2. The SMILES string of the molecule is CC(C)C(N)C(=O)NC(CCCNC(N)=O)C(=O)Nc1ccc(COC(=O)NCCOc2ccc3c(c2)[C@@]2(C)CCC[C@](C)(C(=O)NC(=O)[C@@]4(C)CCC[C@]5(C)c6cc(O)ccc6CC[C@@H]45)[C@@H]2CC3)cc1. The Labute approximate surface area is 417 Å². The molecule has 71 heavy (non-hydrogen) atoms. The summed E-state index contributed by atoms with van der Waals surface area (Å²) in [5.74, 6) is -0.435. The molecule has 7 amide bonds. The molecule has 16 heteroatoms. The molecule has 16 nitrogen and oxygen atoms in total. The van der Waals surface area contributed by atoms with Crippen molar-refractivity contribution >= 4 is 41.4 Å². The number of anilines is 1. The van der Waals surface area contributed by atoms with Crippen LogP contribution in [0, 0.1) is 28.6 Å². The second-order valence-electron chi connectivity index (χ2n) is 21.8. The third kappa shape index (κ3) is 11.3. The zero-order valence-corrected chi connectivity index (χ0v) is 42.3. The molecule has 0 aromatic heterocycles. The van der Waals surface area contributed by atoms with Gasteiger partial charge in [0.05, 0.1) is 23.4 Å². The van der Waals surface area contributed by atoms with Crippen molar-refractivity contribution in [3.63, 3.8) is 0 Å². The Morgan fingerprint density at radius 3 is 1.93 bits per heavy atom. The maximum Gasteiger partial charge on any atom is 0.407 e. The number of carbonyl (C=O) groups is 6. The lowest BCUT2D eigenvalue weighted by atomic mass is 9.49. The molecule has 2 saturated carbocycles. The second kappa shape index (κ2) is 21.7. The first kappa shape index (κ1) is 52.7. The zero-order valence-electron chi connectivity index (χ0n) is 42.3. The molecule has 0 heterocycles. The summed E-state index contributed by atoms with van der Waals surface area (Å²) in [5.41, 5.74) is 15.0. The Morgan fingerprint density at radius 1 is 0.746 bits per heavy atom. The standard InChI is InChI=1S/C55H75N7O9/c1-33(2)45(56)47(65)61-42(10-7-27-58-50(57)68)46(64)60-37-17-11-34(12-18-37)32-71-51(69)59-28-29-70-39-20-14-36-16-22-44-53(4,41(36)31-39)24-9-26-55(44,6)49(67)62-48(66)54(5)25-8-23-52(3)40-30-38(63)19-13-35(40)15-21-43(52)54/h11-14,17-20,30-31,33,42-45,63H,7-10,15-16,21-29,32,56H2,1-6H3,(H,59,69)(H,60,64)(H,61,65)(H3,57,58,68)(H,62,66,67)/t42?,43-,44-,45?,52-,53-,54+,55+/m1/s1. The van der Waals surface area contributed by atoms with Gasteiger partial charge in [0.1, 0.15) is 30.8 Å². The number of aryl methyl sites for hydroxylation is 2. The van der Waals surface area contributed by atoms with Crippen LogP contribution in [0.4, 0.5) is 15.3 Å². The van der Waals surface area contributed by atoms with Gasteiger partial charge in [0.15, 0.2) is 0 Å². The number of primary amides is 1. The molecule has 0 saturated heterocycles. The summed E-state index contributed by atoms with van der Waals surface area (Å²) in [4.78, 5) is 78.8. The third-order valence-corrected chi connectivity index (χ3v) is 16.8. The average molecular weight is 978 g/mol. The first-order chi connectivity index (χ1) is 33.7. The van der Waals surface area contributed by atoms with Gasteiger partial charge in [-0.15, -0.1) is 0 Å². The lowest BCUT2D eigenvalue weighted by molar-refractivity contribution is -0.150. The number of imide groups is 1. The van der Waals surface area contributed by atoms with Gasteiger partial charge in [0.25, 0.3) is 0 Å². The molecule has 384 valence electrons. The van der Waals surface area contributed by atoms with Crippen molar-refractivity contribution in [1.29, 1.82) is 0 Å². The second-order valence-corrected chi connectivity index (χ2v) is 21.8. The van der Waals surface area contributed by atoms with Crippen LogP contribution in [0.5, 0.6) is 11.5 Å². The van der Waals surface area contributed by atoms with E-state index < -0.39 is 46.9 Å². The van der Waals surface area contributed by atoms with E-state index in [0.717, 1.165) is 56.9 Å². The van der Waals surface area contributed by atoms with Gasteiger partial charge < -0.3 is 47.3 Å². The average Bonchev–Trinajstić information content (AvgIpc) is 3.33. The number of urea groups is 1. The molecular weight excluding hydrogens is 903 g/mol. The fourth-order valence-corrected chi connectivity index (χ4v) is 12.7. The highest BCUT2D eigenvalue weighted by atomic mass is 16.5. The quantitative estimate of drug-likeness (QED) is 0.0512. The molecule has 2 unspecified atom stereocenters. The normalized spacial score (nSPS) is 26.1. The van der Waals surface area contributed by atoms with Gasteiger partial charge >= 0.3 is 12.1 Å². The Bertz CT molecular complexity index is 2480. The minimum atomic E-state index is -0.906. The van der Waals surface area contributed by atoms with Crippen LogP contribution in [0.1, 0.15) is 134 Å². The van der Waals surface area contributed by atoms with Crippen molar-refractivity contribution in [2.45, 2.75) is 148 Å². The molecule has 3 aromatic rings. The van der Waals surface area contributed by atoms with Crippen molar-refractivity contribution in [2.75, 3.05) is 25.0 Å². The summed E-state index contributed by atoms with van der Waals surface area (Å²) < 4.78 is 11.6. The van der Waals surface area contributed by atoms with Gasteiger partial charge in [-0.3, -0.25) is 24.5 Å². The van der Waals surface area contributed by atoms with Crippen LogP contribution in [0.2, 0.25) is 0 Å². The van der Waals surface area contributed by atoms with E-state index in [1.165, 1.54) is 16.7 Å². The van der Waals surface area contributed by atoms with E-state index in [1.807, 2.05) is 32.0 Å². The number of nitrogens with one attached hydrogen (secondary N) is 5. The van der Waals surface area contributed by atoms with Crippen LogP contribution in [0.3, 0.4) is 0 Å². The number of hydrogen-bond acceptors (Lipinski definition) is 10. The van der Waals surface area contributed by atoms with Crippen molar-refractivity contribution < 1.29 is 43.3 Å². The number of phenolic OH excluding ortho intramolecular Hbond substituents is 1. The highest BCUT2D eigenvalue weighted by molar-refractivity contribution is 6.01. The number of phenols is 1. The fraction of sp³-hybridized carbons (Fsp3) is 0.564. The third-order valence-electron chi connectivity index (χ3n) is 16.8. The molecule has 3 aromatic carbocycles. The number of rotatable bonds is 17. The number of hydrogen-bond donors (Lipinski definition) is 8. The lowest BCUT2D eigenvalue weighted by Gasteiger charge is -2.56. The Hall–Kier alpha value is -6.16.